The standard InChI is InChI=1S/C29H35FN4O3/c1-5-11-32-29(36)23-17-34-16-22(28(23)35)12-24(30)27(33(6-2)15-18(3)31)19(4)37-26-14-21-10-8-7-9-20(21)13-25(26)34/h7-10,12-14,17-19H,5-6,11,15-16,31H2,1-4H3,(H,32,36)/b22-12+,27-24-. The minimum Gasteiger partial charge on any atom is -0.482 e. The van der Waals surface area contributed by atoms with E-state index in [2.05, 4.69) is 5.32 Å². The first-order valence-corrected chi connectivity index (χ1v) is 12.8. The molecule has 0 aromatic heterocycles. The van der Waals surface area contributed by atoms with Crippen LogP contribution in [0.25, 0.3) is 10.8 Å². The molecule has 2 aliphatic rings. The van der Waals surface area contributed by atoms with E-state index < -0.39 is 23.6 Å². The molecule has 0 saturated carbocycles. The number of hydrogen-bond donors (Lipinski definition) is 2. The number of nitrogens with zero attached hydrogens (tertiary/aromatic N) is 2. The maximum absolute atomic E-state index is 16.0. The van der Waals surface area contributed by atoms with E-state index >= 15 is 4.39 Å². The van der Waals surface area contributed by atoms with Gasteiger partial charge in [0.25, 0.3) is 5.91 Å². The van der Waals surface area contributed by atoms with Crippen molar-refractivity contribution in [1.29, 1.82) is 0 Å². The average Bonchev–Trinajstić information content (AvgIpc) is 2.86. The van der Waals surface area contributed by atoms with Crippen molar-refractivity contribution < 1.29 is 18.7 Å². The molecule has 0 spiro atoms. The molecule has 2 atom stereocenters. The molecule has 0 fully saturated rings. The number of likely N-dealkylation sites (N-methyl/N-ethyl adjacent to an activating group) is 1. The number of benzene rings is 2. The smallest absolute Gasteiger partial charge is 0.256 e. The molecule has 0 radical (unpaired) electrons. The van der Waals surface area contributed by atoms with Crippen molar-refractivity contribution in [2.24, 2.45) is 5.73 Å². The highest BCUT2D eigenvalue weighted by Crippen LogP contribution is 2.39. The van der Waals surface area contributed by atoms with Gasteiger partial charge in [-0.2, -0.15) is 0 Å². The Kier molecular flexibility index (Phi) is 7.97. The molecule has 0 saturated heterocycles. The van der Waals surface area contributed by atoms with Crippen LogP contribution in [0.5, 0.6) is 5.75 Å². The molecule has 4 rings (SSSR count). The number of anilines is 1. The first-order valence-electron chi connectivity index (χ1n) is 12.8. The molecule has 0 aliphatic carbocycles. The van der Waals surface area contributed by atoms with Crippen molar-refractivity contribution in [2.75, 3.05) is 31.1 Å². The van der Waals surface area contributed by atoms with Gasteiger partial charge in [-0.05, 0) is 56.2 Å². The number of hydrogen-bond acceptors (Lipinski definition) is 6. The van der Waals surface area contributed by atoms with Crippen molar-refractivity contribution in [1.82, 2.24) is 10.2 Å². The molecular weight excluding hydrogens is 471 g/mol. The molecule has 8 heteroatoms. The lowest BCUT2D eigenvalue weighted by molar-refractivity contribution is -0.121. The lowest BCUT2D eigenvalue weighted by Gasteiger charge is -2.35. The summed E-state index contributed by atoms with van der Waals surface area (Å²) in [5, 5.41) is 4.72. The quantitative estimate of drug-likeness (QED) is 0.548. The zero-order valence-corrected chi connectivity index (χ0v) is 21.9. The molecule has 37 heavy (non-hydrogen) atoms. The second-order valence-electron chi connectivity index (χ2n) is 9.60. The zero-order valence-electron chi connectivity index (χ0n) is 21.9. The van der Waals surface area contributed by atoms with E-state index in [4.69, 9.17) is 10.5 Å². The summed E-state index contributed by atoms with van der Waals surface area (Å²) in [7, 11) is 0. The Morgan fingerprint density at radius 1 is 1.27 bits per heavy atom. The molecule has 2 heterocycles. The van der Waals surface area contributed by atoms with Gasteiger partial charge in [-0.3, -0.25) is 9.59 Å². The van der Waals surface area contributed by atoms with Crippen LogP contribution in [0.4, 0.5) is 10.1 Å². The van der Waals surface area contributed by atoms with Gasteiger partial charge in [0.05, 0.1) is 17.9 Å². The van der Waals surface area contributed by atoms with Gasteiger partial charge in [0, 0.05) is 37.4 Å². The van der Waals surface area contributed by atoms with Crippen molar-refractivity contribution in [3.05, 3.63) is 71.3 Å². The lowest BCUT2D eigenvalue weighted by Crippen LogP contribution is -2.40. The van der Waals surface area contributed by atoms with Crippen LogP contribution in [-0.4, -0.2) is 54.9 Å². The van der Waals surface area contributed by atoms with E-state index in [1.54, 1.807) is 18.0 Å². The topological polar surface area (TPSA) is 87.9 Å². The normalized spacial score (nSPS) is 21.8. The molecule has 2 aromatic rings. The Morgan fingerprint density at radius 3 is 2.62 bits per heavy atom. The molecule has 2 bridgehead atoms. The Labute approximate surface area is 217 Å². The maximum atomic E-state index is 16.0. The summed E-state index contributed by atoms with van der Waals surface area (Å²) >= 11 is 0. The molecule has 7 nitrogen and oxygen atoms in total. The van der Waals surface area contributed by atoms with E-state index in [0.717, 1.165) is 17.2 Å². The number of amides is 1. The number of fused-ring (bicyclic) bond motifs is 5. The van der Waals surface area contributed by atoms with Crippen LogP contribution in [0.2, 0.25) is 0 Å². The number of carbonyl (C=O) groups is 2. The number of nitrogens with one attached hydrogen (secondary N) is 1. The van der Waals surface area contributed by atoms with Crippen LogP contribution in [0.15, 0.2) is 71.3 Å². The number of nitrogens with two attached hydrogens (primary N) is 1. The van der Waals surface area contributed by atoms with Gasteiger partial charge in [-0.1, -0.05) is 31.2 Å². The van der Waals surface area contributed by atoms with E-state index in [1.165, 1.54) is 6.08 Å². The summed E-state index contributed by atoms with van der Waals surface area (Å²) < 4.78 is 22.5. The van der Waals surface area contributed by atoms with Gasteiger partial charge in [-0.15, -0.1) is 0 Å². The van der Waals surface area contributed by atoms with Crippen molar-refractivity contribution in [3.63, 3.8) is 0 Å². The van der Waals surface area contributed by atoms with E-state index in [0.29, 0.717) is 36.8 Å². The predicted octanol–water partition coefficient (Wildman–Crippen LogP) is 4.20. The second-order valence-corrected chi connectivity index (χ2v) is 9.60. The number of carbonyl (C=O) groups excluding carboxylic acids is 2. The minimum absolute atomic E-state index is 0.0315. The summed E-state index contributed by atoms with van der Waals surface area (Å²) in [6.07, 6.45) is 2.86. The Hall–Kier alpha value is -3.65. The number of rotatable bonds is 7. The summed E-state index contributed by atoms with van der Waals surface area (Å²) in [4.78, 5) is 30.0. The predicted molar refractivity (Wildman–Crippen MR) is 145 cm³/mol. The van der Waals surface area contributed by atoms with Crippen LogP contribution in [-0.2, 0) is 9.59 Å². The molecule has 2 aliphatic heterocycles. The van der Waals surface area contributed by atoms with Crippen molar-refractivity contribution in [3.8, 4) is 5.75 Å². The number of halogens is 1. The minimum atomic E-state index is -0.665. The highest BCUT2D eigenvalue weighted by atomic mass is 19.1. The first-order chi connectivity index (χ1) is 17.7. The third-order valence-electron chi connectivity index (χ3n) is 6.54. The largest absolute Gasteiger partial charge is 0.482 e. The van der Waals surface area contributed by atoms with Gasteiger partial charge >= 0.3 is 0 Å². The molecular formula is C29H35FN4O3. The number of ketones is 1. The van der Waals surface area contributed by atoms with Gasteiger partial charge in [0.15, 0.2) is 5.78 Å². The number of allylic oxidation sites excluding steroid dienone is 2. The summed E-state index contributed by atoms with van der Waals surface area (Å²) in [5.41, 5.74) is 7.25. The third kappa shape index (κ3) is 5.54. The van der Waals surface area contributed by atoms with Crippen LogP contribution < -0.4 is 20.7 Å². The molecule has 3 N–H and O–H groups in total. The summed E-state index contributed by atoms with van der Waals surface area (Å²) in [6, 6.07) is 11.6. The first kappa shape index (κ1) is 26.4. The molecule has 196 valence electrons. The number of ether oxygens (including phenoxy) is 1. The summed E-state index contributed by atoms with van der Waals surface area (Å²) in [5.74, 6) is -0.995. The van der Waals surface area contributed by atoms with Gasteiger partial charge in [0.1, 0.15) is 23.3 Å². The van der Waals surface area contributed by atoms with Crippen molar-refractivity contribution >= 4 is 28.2 Å². The van der Waals surface area contributed by atoms with E-state index in [-0.39, 0.29) is 23.7 Å². The van der Waals surface area contributed by atoms with E-state index in [9.17, 15) is 9.59 Å². The molecule has 2 unspecified atom stereocenters. The van der Waals surface area contributed by atoms with Gasteiger partial charge in [0.2, 0.25) is 0 Å². The molecule has 2 aromatic carbocycles. The van der Waals surface area contributed by atoms with Crippen LogP contribution in [0, 0.1) is 0 Å². The van der Waals surface area contributed by atoms with E-state index in [1.807, 2.05) is 62.1 Å². The summed E-state index contributed by atoms with van der Waals surface area (Å²) in [6.45, 7) is 8.99. The monoisotopic (exact) mass is 506 g/mol. The van der Waals surface area contributed by atoms with Gasteiger partial charge < -0.3 is 25.6 Å². The third-order valence-corrected chi connectivity index (χ3v) is 6.54. The average molecular weight is 507 g/mol. The fourth-order valence-corrected chi connectivity index (χ4v) is 4.80. The van der Waals surface area contributed by atoms with Crippen molar-refractivity contribution in [2.45, 2.75) is 46.3 Å². The Morgan fingerprint density at radius 2 is 1.97 bits per heavy atom. The Balaban J connectivity index is 1.95. The number of Topliss-reactive ketones (excluding diaryl/α,β-unsaturated/α-hetero) is 1. The fourth-order valence-electron chi connectivity index (χ4n) is 4.80. The van der Waals surface area contributed by atoms with Gasteiger partial charge in [-0.25, -0.2) is 4.39 Å². The second kappa shape index (κ2) is 11.2. The lowest BCUT2D eigenvalue weighted by atomic mass is 9.96. The van der Waals surface area contributed by atoms with Crippen LogP contribution in [0.3, 0.4) is 0 Å². The highest BCUT2D eigenvalue weighted by Gasteiger charge is 2.33. The highest BCUT2D eigenvalue weighted by molar-refractivity contribution is 6.27. The molecule has 1 amide bonds. The Bertz CT molecular complexity index is 1300. The SMILES string of the molecule is CCCNC(=O)C1=CN2C/C(=C\C(F)=C(\N(CC)CC(C)N)C(C)Oc3cc4ccccc4cc32)C1=O. The van der Waals surface area contributed by atoms with Crippen LogP contribution >= 0.6 is 0 Å². The fraction of sp³-hybridized carbons (Fsp3) is 0.379. The van der Waals surface area contributed by atoms with Crippen LogP contribution in [0.1, 0.15) is 34.1 Å². The zero-order chi connectivity index (χ0) is 26.7. The maximum Gasteiger partial charge on any atom is 0.256 e.